The van der Waals surface area contributed by atoms with Gasteiger partial charge >= 0.3 is 0 Å². The highest BCUT2D eigenvalue weighted by molar-refractivity contribution is 8.00. The average Bonchev–Trinajstić information content (AvgIpc) is 3.14. The predicted octanol–water partition coefficient (Wildman–Crippen LogP) is 3.47. The summed E-state index contributed by atoms with van der Waals surface area (Å²) in [6.07, 6.45) is 0.512. The van der Waals surface area contributed by atoms with Crippen LogP contribution in [0.5, 0.6) is 0 Å². The van der Waals surface area contributed by atoms with E-state index in [0.717, 1.165) is 5.56 Å². The van der Waals surface area contributed by atoms with Gasteiger partial charge in [0.2, 0.25) is 5.91 Å². The number of thioether (sulfide) groups is 1. The molecular formula is C22H24N6O4S. The third-order valence-corrected chi connectivity index (χ3v) is 6.25. The molecule has 11 heteroatoms. The third kappa shape index (κ3) is 6.16. The first-order chi connectivity index (χ1) is 15.8. The number of aryl methyl sites for hydroxylation is 1. The average molecular weight is 469 g/mol. The van der Waals surface area contributed by atoms with Gasteiger partial charge in [-0.05, 0) is 31.5 Å². The van der Waals surface area contributed by atoms with Crippen molar-refractivity contribution in [3.8, 4) is 0 Å². The van der Waals surface area contributed by atoms with Crippen molar-refractivity contribution in [3.05, 3.63) is 75.6 Å². The number of anilines is 1. The Morgan fingerprint density at radius 3 is 2.64 bits per heavy atom. The molecule has 0 aliphatic carbocycles. The van der Waals surface area contributed by atoms with E-state index in [4.69, 9.17) is 0 Å². The number of nitrogens with zero attached hydrogens (tertiary/aromatic N) is 4. The van der Waals surface area contributed by atoms with Crippen LogP contribution in [-0.2, 0) is 18.4 Å². The predicted molar refractivity (Wildman–Crippen MR) is 125 cm³/mol. The van der Waals surface area contributed by atoms with E-state index >= 15 is 0 Å². The maximum atomic E-state index is 12.7. The van der Waals surface area contributed by atoms with Crippen LogP contribution < -0.4 is 10.6 Å². The summed E-state index contributed by atoms with van der Waals surface area (Å²) < 4.78 is 1.73. The molecule has 2 N–H and O–H groups in total. The number of nitro benzene ring substituents is 1. The van der Waals surface area contributed by atoms with Crippen LogP contribution in [-0.4, -0.2) is 36.8 Å². The lowest BCUT2D eigenvalue weighted by Crippen LogP contribution is -2.25. The van der Waals surface area contributed by atoms with E-state index in [1.165, 1.54) is 30.0 Å². The summed E-state index contributed by atoms with van der Waals surface area (Å²) >= 11 is 1.24. The molecule has 0 saturated heterocycles. The Balaban J connectivity index is 1.62. The highest BCUT2D eigenvalue weighted by Crippen LogP contribution is 2.26. The van der Waals surface area contributed by atoms with Crippen LogP contribution >= 0.6 is 11.8 Å². The quantitative estimate of drug-likeness (QED) is 0.279. The fraction of sp³-hybridized carbons (Fsp3) is 0.273. The zero-order valence-corrected chi connectivity index (χ0v) is 19.3. The van der Waals surface area contributed by atoms with E-state index in [-0.39, 0.29) is 24.0 Å². The van der Waals surface area contributed by atoms with Gasteiger partial charge in [0.05, 0.1) is 16.7 Å². The minimum absolute atomic E-state index is 0.0980. The molecule has 0 fully saturated rings. The summed E-state index contributed by atoms with van der Waals surface area (Å²) in [5.41, 5.74) is 1.81. The molecule has 0 aliphatic rings. The Labute approximate surface area is 194 Å². The van der Waals surface area contributed by atoms with Gasteiger partial charge in [-0.3, -0.25) is 19.7 Å². The highest BCUT2D eigenvalue weighted by Gasteiger charge is 2.22. The maximum absolute atomic E-state index is 12.7. The molecule has 0 saturated carbocycles. The number of benzene rings is 2. The second kappa shape index (κ2) is 10.7. The summed E-state index contributed by atoms with van der Waals surface area (Å²) in [5, 5.41) is 24.8. The molecule has 2 aromatic carbocycles. The fourth-order valence-electron chi connectivity index (χ4n) is 3.02. The van der Waals surface area contributed by atoms with Crippen molar-refractivity contribution in [3.63, 3.8) is 0 Å². The standard InChI is InChI=1S/C22H24N6O4S/c1-4-18(21(30)24-16-9-6-10-17(12-16)28(31)32)33-22-26-25-19(27(22)3)13-23-20(29)15-8-5-7-14(2)11-15/h5-12,18H,4,13H2,1-3H3,(H,23,29)(H,24,30)/t18-/m0/s1. The Morgan fingerprint density at radius 1 is 1.18 bits per heavy atom. The molecule has 0 unspecified atom stereocenters. The topological polar surface area (TPSA) is 132 Å². The normalized spacial score (nSPS) is 11.6. The molecule has 1 aromatic heterocycles. The van der Waals surface area contributed by atoms with Crippen LogP contribution in [0.4, 0.5) is 11.4 Å². The molecular weight excluding hydrogens is 444 g/mol. The number of nitrogens with one attached hydrogen (secondary N) is 2. The molecule has 1 heterocycles. The first kappa shape index (κ1) is 23.9. The molecule has 2 amide bonds. The number of amides is 2. The second-order valence-electron chi connectivity index (χ2n) is 7.32. The first-order valence-corrected chi connectivity index (χ1v) is 11.1. The Bertz CT molecular complexity index is 1180. The summed E-state index contributed by atoms with van der Waals surface area (Å²) in [4.78, 5) is 35.5. The Kier molecular flexibility index (Phi) is 7.78. The Hall–Kier alpha value is -3.73. The van der Waals surface area contributed by atoms with Crippen LogP contribution in [0.2, 0.25) is 0 Å². The lowest BCUT2D eigenvalue weighted by Gasteiger charge is -2.14. The number of hydrogen-bond acceptors (Lipinski definition) is 7. The minimum atomic E-state index is -0.513. The summed E-state index contributed by atoms with van der Waals surface area (Å²) in [6, 6.07) is 13.1. The maximum Gasteiger partial charge on any atom is 0.271 e. The van der Waals surface area contributed by atoms with Gasteiger partial charge in [0.15, 0.2) is 11.0 Å². The van der Waals surface area contributed by atoms with E-state index in [2.05, 4.69) is 20.8 Å². The van der Waals surface area contributed by atoms with Crippen LogP contribution in [0.1, 0.15) is 35.1 Å². The van der Waals surface area contributed by atoms with Crippen LogP contribution in [0.3, 0.4) is 0 Å². The molecule has 10 nitrogen and oxygen atoms in total. The molecule has 172 valence electrons. The van der Waals surface area contributed by atoms with Gasteiger partial charge in [-0.2, -0.15) is 0 Å². The molecule has 1 atom stereocenters. The molecule has 33 heavy (non-hydrogen) atoms. The van der Waals surface area contributed by atoms with Gasteiger partial charge in [-0.25, -0.2) is 0 Å². The lowest BCUT2D eigenvalue weighted by atomic mass is 10.1. The molecule has 3 aromatic rings. The van der Waals surface area contributed by atoms with E-state index in [1.807, 2.05) is 26.0 Å². The monoisotopic (exact) mass is 468 g/mol. The fourth-order valence-corrected chi connectivity index (χ4v) is 3.96. The molecule has 0 radical (unpaired) electrons. The van der Waals surface area contributed by atoms with Gasteiger partial charge in [0.1, 0.15) is 0 Å². The summed E-state index contributed by atoms with van der Waals surface area (Å²) in [7, 11) is 1.77. The van der Waals surface area contributed by atoms with Gasteiger partial charge < -0.3 is 15.2 Å². The van der Waals surface area contributed by atoms with Gasteiger partial charge in [-0.15, -0.1) is 10.2 Å². The van der Waals surface area contributed by atoms with E-state index < -0.39 is 10.2 Å². The van der Waals surface area contributed by atoms with Crippen molar-refractivity contribution in [1.29, 1.82) is 0 Å². The van der Waals surface area contributed by atoms with Gasteiger partial charge in [0.25, 0.3) is 11.6 Å². The zero-order chi connectivity index (χ0) is 24.0. The number of hydrogen-bond donors (Lipinski definition) is 2. The SMILES string of the molecule is CC[C@H](Sc1nnc(CNC(=O)c2cccc(C)c2)n1C)C(=O)Nc1cccc([N+](=O)[O-])c1. The second-order valence-corrected chi connectivity index (χ2v) is 8.49. The van der Waals surface area contributed by atoms with Crippen LogP contribution in [0.15, 0.2) is 53.7 Å². The largest absolute Gasteiger partial charge is 0.345 e. The van der Waals surface area contributed by atoms with Crippen molar-refractivity contribution >= 4 is 35.0 Å². The molecule has 0 spiro atoms. The molecule has 0 aliphatic heterocycles. The van der Waals surface area contributed by atoms with Crippen LogP contribution in [0.25, 0.3) is 0 Å². The molecule has 3 rings (SSSR count). The zero-order valence-electron chi connectivity index (χ0n) is 18.4. The number of rotatable bonds is 9. The number of nitro groups is 1. The number of carbonyl (C=O) groups excluding carboxylic acids is 2. The number of carbonyl (C=O) groups is 2. The van der Waals surface area contributed by atoms with Gasteiger partial charge in [-0.1, -0.05) is 42.4 Å². The van der Waals surface area contributed by atoms with Crippen molar-refractivity contribution < 1.29 is 14.5 Å². The third-order valence-electron chi connectivity index (χ3n) is 4.85. The smallest absolute Gasteiger partial charge is 0.271 e. The van der Waals surface area contributed by atoms with Gasteiger partial charge in [0, 0.05) is 30.4 Å². The minimum Gasteiger partial charge on any atom is -0.345 e. The number of non-ortho nitro benzene ring substituents is 1. The Morgan fingerprint density at radius 2 is 1.94 bits per heavy atom. The molecule has 0 bridgehead atoms. The summed E-state index contributed by atoms with van der Waals surface area (Å²) in [6.45, 7) is 3.97. The van der Waals surface area contributed by atoms with Crippen molar-refractivity contribution in [2.24, 2.45) is 7.05 Å². The number of aromatic nitrogens is 3. The van der Waals surface area contributed by atoms with E-state index in [9.17, 15) is 19.7 Å². The van der Waals surface area contributed by atoms with Crippen molar-refractivity contribution in [2.45, 2.75) is 37.2 Å². The van der Waals surface area contributed by atoms with Crippen molar-refractivity contribution in [2.75, 3.05) is 5.32 Å². The van der Waals surface area contributed by atoms with Crippen molar-refractivity contribution in [1.82, 2.24) is 20.1 Å². The van der Waals surface area contributed by atoms with E-state index in [1.54, 1.807) is 29.8 Å². The first-order valence-electron chi connectivity index (χ1n) is 10.2. The highest BCUT2D eigenvalue weighted by atomic mass is 32.2. The summed E-state index contributed by atoms with van der Waals surface area (Å²) in [5.74, 6) is 0.0476. The van der Waals surface area contributed by atoms with E-state index in [0.29, 0.717) is 28.7 Å². The lowest BCUT2D eigenvalue weighted by molar-refractivity contribution is -0.384. The van der Waals surface area contributed by atoms with Crippen LogP contribution in [0, 0.1) is 17.0 Å².